The van der Waals surface area contributed by atoms with E-state index >= 15 is 0 Å². The Hall–Kier alpha value is -0.990. The maximum absolute atomic E-state index is 4.35. The van der Waals surface area contributed by atoms with E-state index in [1.54, 1.807) is 0 Å². The molecule has 0 amide bonds. The highest BCUT2D eigenvalue weighted by Crippen LogP contribution is 2.27. The van der Waals surface area contributed by atoms with Gasteiger partial charge < -0.3 is 4.90 Å². The fourth-order valence-electron chi connectivity index (χ4n) is 1.96. The largest absolute Gasteiger partial charge is 0.354 e. The Morgan fingerprint density at radius 3 is 3.00 bits per heavy atom. The Bertz CT molecular complexity index is 290. The summed E-state index contributed by atoms with van der Waals surface area (Å²) in [7, 11) is 0. The average molecular weight is 179 g/mol. The van der Waals surface area contributed by atoms with Crippen LogP contribution in [0.3, 0.4) is 0 Å². The second-order valence-corrected chi connectivity index (χ2v) is 4.06. The molecule has 0 N–H and O–H groups in total. The summed E-state index contributed by atoms with van der Waals surface area (Å²) < 4.78 is 2.13. The first-order chi connectivity index (χ1) is 6.20. The van der Waals surface area contributed by atoms with E-state index in [1.807, 2.05) is 6.20 Å². The fraction of sp³-hybridized carbons (Fsp3) is 0.700. The maximum atomic E-state index is 4.35. The maximum Gasteiger partial charge on any atom is 0.127 e. The lowest BCUT2D eigenvalue weighted by molar-refractivity contribution is 0.410. The van der Waals surface area contributed by atoms with Gasteiger partial charge in [0.2, 0.25) is 0 Å². The first-order valence-corrected chi connectivity index (χ1v) is 5.00. The molecule has 0 fully saturated rings. The third-order valence-electron chi connectivity index (χ3n) is 2.77. The number of rotatable bonds is 1. The van der Waals surface area contributed by atoms with Crippen LogP contribution in [-0.4, -0.2) is 22.4 Å². The summed E-state index contributed by atoms with van der Waals surface area (Å²) in [6.07, 6.45) is 3.10. The summed E-state index contributed by atoms with van der Waals surface area (Å²) in [6.45, 7) is 7.85. The second kappa shape index (κ2) is 3.05. The summed E-state index contributed by atoms with van der Waals surface area (Å²) in [6, 6.07) is 3.23. The van der Waals surface area contributed by atoms with Crippen LogP contribution < -0.4 is 4.90 Å². The molecule has 1 aliphatic heterocycles. The second-order valence-electron chi connectivity index (χ2n) is 4.06. The van der Waals surface area contributed by atoms with Crippen molar-refractivity contribution in [2.45, 2.75) is 39.3 Å². The minimum atomic E-state index is 0.556. The Morgan fingerprint density at radius 1 is 1.54 bits per heavy atom. The van der Waals surface area contributed by atoms with Gasteiger partial charge in [0.05, 0.1) is 12.2 Å². The third-order valence-corrected chi connectivity index (χ3v) is 2.77. The van der Waals surface area contributed by atoms with Gasteiger partial charge in [-0.3, -0.25) is 0 Å². The van der Waals surface area contributed by atoms with E-state index in [2.05, 4.69) is 41.5 Å². The lowest BCUT2D eigenvalue weighted by Gasteiger charge is -2.35. The monoisotopic (exact) mass is 179 g/mol. The summed E-state index contributed by atoms with van der Waals surface area (Å²) >= 11 is 0. The molecular formula is C10H17N3. The van der Waals surface area contributed by atoms with Crippen LogP contribution >= 0.6 is 0 Å². The summed E-state index contributed by atoms with van der Waals surface area (Å²) in [4.78, 5) is 2.41. The summed E-state index contributed by atoms with van der Waals surface area (Å²) in [5.74, 6) is 1.27. The molecule has 1 aromatic heterocycles. The van der Waals surface area contributed by atoms with Gasteiger partial charge in [-0.05, 0) is 27.2 Å². The molecule has 3 nitrogen and oxygen atoms in total. The van der Waals surface area contributed by atoms with Gasteiger partial charge in [-0.2, -0.15) is 5.10 Å². The number of hydrogen-bond acceptors (Lipinski definition) is 2. The molecule has 1 atom stereocenters. The van der Waals surface area contributed by atoms with Gasteiger partial charge in [0.1, 0.15) is 5.82 Å². The number of aromatic nitrogens is 2. The molecule has 0 unspecified atom stereocenters. The number of fused-ring (bicyclic) bond motifs is 1. The van der Waals surface area contributed by atoms with Crippen LogP contribution in [0.25, 0.3) is 0 Å². The SMILES string of the molecule is CC(C)N1CC[C@H](C)n2nccc21. The van der Waals surface area contributed by atoms with Gasteiger partial charge in [-0.15, -0.1) is 0 Å². The van der Waals surface area contributed by atoms with Crippen LogP contribution in [0.15, 0.2) is 12.3 Å². The van der Waals surface area contributed by atoms with Crippen LogP contribution in [0.2, 0.25) is 0 Å². The minimum absolute atomic E-state index is 0.556. The molecule has 0 spiro atoms. The van der Waals surface area contributed by atoms with Crippen molar-refractivity contribution in [1.82, 2.24) is 9.78 Å². The molecule has 0 saturated carbocycles. The lowest BCUT2D eigenvalue weighted by atomic mass is 10.1. The zero-order chi connectivity index (χ0) is 9.42. The van der Waals surface area contributed by atoms with E-state index in [0.717, 1.165) is 6.54 Å². The highest BCUT2D eigenvalue weighted by Gasteiger charge is 2.23. The Morgan fingerprint density at radius 2 is 2.31 bits per heavy atom. The van der Waals surface area contributed by atoms with Crippen molar-refractivity contribution in [3.63, 3.8) is 0 Å². The van der Waals surface area contributed by atoms with Crippen LogP contribution in [0.4, 0.5) is 5.82 Å². The summed E-state index contributed by atoms with van der Waals surface area (Å²) in [5, 5.41) is 4.35. The van der Waals surface area contributed by atoms with Crippen molar-refractivity contribution in [2.75, 3.05) is 11.4 Å². The van der Waals surface area contributed by atoms with Crippen molar-refractivity contribution in [3.8, 4) is 0 Å². The third kappa shape index (κ3) is 1.32. The molecule has 0 bridgehead atoms. The molecular weight excluding hydrogens is 162 g/mol. The van der Waals surface area contributed by atoms with Crippen LogP contribution in [0.5, 0.6) is 0 Å². The zero-order valence-corrected chi connectivity index (χ0v) is 8.57. The molecule has 1 aliphatic rings. The predicted octanol–water partition coefficient (Wildman–Crippen LogP) is 2.06. The molecule has 3 heteroatoms. The molecule has 1 aromatic rings. The average Bonchev–Trinajstić information content (AvgIpc) is 2.53. The minimum Gasteiger partial charge on any atom is -0.354 e. The van der Waals surface area contributed by atoms with Gasteiger partial charge in [-0.1, -0.05) is 0 Å². The summed E-state index contributed by atoms with van der Waals surface area (Å²) in [5.41, 5.74) is 0. The Balaban J connectivity index is 2.35. The smallest absolute Gasteiger partial charge is 0.127 e. The van der Waals surface area contributed by atoms with Crippen LogP contribution in [-0.2, 0) is 0 Å². The van der Waals surface area contributed by atoms with Crippen molar-refractivity contribution < 1.29 is 0 Å². The van der Waals surface area contributed by atoms with Gasteiger partial charge >= 0.3 is 0 Å². The van der Waals surface area contributed by atoms with Crippen molar-refractivity contribution in [2.24, 2.45) is 0 Å². The molecule has 13 heavy (non-hydrogen) atoms. The Labute approximate surface area is 79.3 Å². The zero-order valence-electron chi connectivity index (χ0n) is 8.57. The van der Waals surface area contributed by atoms with Crippen molar-refractivity contribution in [1.29, 1.82) is 0 Å². The lowest BCUT2D eigenvalue weighted by Crippen LogP contribution is -2.38. The van der Waals surface area contributed by atoms with E-state index in [1.165, 1.54) is 12.2 Å². The van der Waals surface area contributed by atoms with E-state index in [-0.39, 0.29) is 0 Å². The molecule has 0 aliphatic carbocycles. The van der Waals surface area contributed by atoms with Gasteiger partial charge in [-0.25, -0.2) is 4.68 Å². The first kappa shape index (κ1) is 8.60. The van der Waals surface area contributed by atoms with Gasteiger partial charge in [0.25, 0.3) is 0 Å². The quantitative estimate of drug-likeness (QED) is 0.658. The topological polar surface area (TPSA) is 21.1 Å². The van der Waals surface area contributed by atoms with E-state index in [0.29, 0.717) is 12.1 Å². The van der Waals surface area contributed by atoms with Crippen LogP contribution in [0.1, 0.15) is 33.2 Å². The highest BCUT2D eigenvalue weighted by molar-refractivity contribution is 5.41. The van der Waals surface area contributed by atoms with Crippen LogP contribution in [0, 0.1) is 0 Å². The number of hydrogen-bond donors (Lipinski definition) is 0. The molecule has 72 valence electrons. The first-order valence-electron chi connectivity index (χ1n) is 5.00. The molecule has 2 rings (SSSR count). The molecule has 2 heterocycles. The van der Waals surface area contributed by atoms with E-state index in [9.17, 15) is 0 Å². The number of anilines is 1. The van der Waals surface area contributed by atoms with Crippen molar-refractivity contribution in [3.05, 3.63) is 12.3 Å². The molecule has 0 aromatic carbocycles. The number of nitrogens with zero attached hydrogens (tertiary/aromatic N) is 3. The van der Waals surface area contributed by atoms with E-state index < -0.39 is 0 Å². The highest BCUT2D eigenvalue weighted by atomic mass is 15.4. The predicted molar refractivity (Wildman–Crippen MR) is 54.0 cm³/mol. The normalized spacial score (nSPS) is 22.2. The molecule has 0 saturated heterocycles. The fourth-order valence-corrected chi connectivity index (χ4v) is 1.96. The Kier molecular flexibility index (Phi) is 2.02. The van der Waals surface area contributed by atoms with Gasteiger partial charge in [0.15, 0.2) is 0 Å². The van der Waals surface area contributed by atoms with E-state index in [4.69, 9.17) is 0 Å². The van der Waals surface area contributed by atoms with Crippen molar-refractivity contribution >= 4 is 5.82 Å². The van der Waals surface area contributed by atoms with Gasteiger partial charge in [0, 0.05) is 18.7 Å². The molecule has 0 radical (unpaired) electrons. The standard InChI is InChI=1S/C10H17N3/c1-8(2)12-7-5-9(3)13-10(12)4-6-11-13/h4,6,8-9H,5,7H2,1-3H3/t9-/m0/s1.